The first kappa shape index (κ1) is 14.3. The topological polar surface area (TPSA) is 18.5 Å². The number of piperazine rings is 1. The Morgan fingerprint density at radius 3 is 2.47 bits per heavy atom. The van der Waals surface area contributed by atoms with Gasteiger partial charge in [-0.05, 0) is 39.6 Å². The van der Waals surface area contributed by atoms with Crippen LogP contribution in [0.4, 0.5) is 10.1 Å². The minimum Gasteiger partial charge on any atom is -0.366 e. The Hall–Kier alpha value is -1.13. The second-order valence-corrected chi connectivity index (χ2v) is 5.55. The molecule has 1 aromatic carbocycles. The van der Waals surface area contributed by atoms with Gasteiger partial charge in [-0.2, -0.15) is 0 Å². The molecule has 0 amide bonds. The lowest BCUT2D eigenvalue weighted by Gasteiger charge is -2.44. The van der Waals surface area contributed by atoms with Crippen LogP contribution >= 0.6 is 0 Å². The van der Waals surface area contributed by atoms with E-state index in [-0.39, 0.29) is 5.82 Å². The highest BCUT2D eigenvalue weighted by molar-refractivity contribution is 5.55. The van der Waals surface area contributed by atoms with E-state index >= 15 is 0 Å². The van der Waals surface area contributed by atoms with Crippen molar-refractivity contribution in [3.05, 3.63) is 29.6 Å². The molecule has 1 N–H and O–H groups in total. The van der Waals surface area contributed by atoms with Crippen LogP contribution in [0.5, 0.6) is 0 Å². The van der Waals surface area contributed by atoms with Crippen molar-refractivity contribution >= 4 is 5.69 Å². The predicted molar refractivity (Wildman–Crippen MR) is 78.1 cm³/mol. The van der Waals surface area contributed by atoms with Crippen molar-refractivity contribution in [2.24, 2.45) is 0 Å². The number of hydrogen-bond acceptors (Lipinski definition) is 3. The molecule has 0 saturated carbocycles. The average molecular weight is 265 g/mol. The molecular formula is C15H24FN3. The van der Waals surface area contributed by atoms with Gasteiger partial charge in [0.2, 0.25) is 0 Å². The van der Waals surface area contributed by atoms with Gasteiger partial charge in [-0.1, -0.05) is 12.1 Å². The molecule has 1 fully saturated rings. The second kappa shape index (κ2) is 5.88. The van der Waals surface area contributed by atoms with Gasteiger partial charge in [0, 0.05) is 31.7 Å². The normalized spacial score (nSPS) is 24.8. The summed E-state index contributed by atoms with van der Waals surface area (Å²) in [7, 11) is 4.03. The summed E-state index contributed by atoms with van der Waals surface area (Å²) in [4.78, 5) is 4.55. The monoisotopic (exact) mass is 265 g/mol. The third kappa shape index (κ3) is 2.90. The highest BCUT2D eigenvalue weighted by Gasteiger charge is 2.28. The van der Waals surface area contributed by atoms with E-state index in [0.717, 1.165) is 24.3 Å². The molecule has 2 rings (SSSR count). The molecule has 0 radical (unpaired) electrons. The molecule has 1 aliphatic rings. The number of anilines is 1. The van der Waals surface area contributed by atoms with Crippen molar-refractivity contribution in [2.75, 3.05) is 32.1 Å². The fourth-order valence-corrected chi connectivity index (χ4v) is 2.83. The predicted octanol–water partition coefficient (Wildman–Crippen LogP) is 2.07. The molecule has 0 spiro atoms. The largest absolute Gasteiger partial charge is 0.366 e. The number of benzene rings is 1. The van der Waals surface area contributed by atoms with Crippen molar-refractivity contribution in [1.82, 2.24) is 10.2 Å². The summed E-state index contributed by atoms with van der Waals surface area (Å²) in [5.41, 5.74) is 1.80. The molecule has 0 bridgehead atoms. The minimum atomic E-state index is -0.114. The standard InChI is InChI=1S/C15H24FN3/c1-11-9-19(10-12(2)18(11)4)15-13(8-17-3)6-5-7-14(15)16/h5-7,11-12,17H,8-10H2,1-4H3. The van der Waals surface area contributed by atoms with Gasteiger partial charge in [0.25, 0.3) is 0 Å². The van der Waals surface area contributed by atoms with Gasteiger partial charge in [0.05, 0.1) is 5.69 Å². The van der Waals surface area contributed by atoms with Crippen molar-refractivity contribution in [3.63, 3.8) is 0 Å². The van der Waals surface area contributed by atoms with Gasteiger partial charge in [-0.15, -0.1) is 0 Å². The lowest BCUT2D eigenvalue weighted by atomic mass is 10.1. The minimum absolute atomic E-state index is 0.114. The van der Waals surface area contributed by atoms with E-state index in [1.54, 1.807) is 12.1 Å². The first-order chi connectivity index (χ1) is 9.04. The number of rotatable bonds is 3. The van der Waals surface area contributed by atoms with Crippen molar-refractivity contribution in [1.29, 1.82) is 0 Å². The van der Waals surface area contributed by atoms with Crippen LogP contribution in [0.15, 0.2) is 18.2 Å². The number of nitrogens with zero attached hydrogens (tertiary/aromatic N) is 2. The van der Waals surface area contributed by atoms with Crippen LogP contribution in [0.3, 0.4) is 0 Å². The molecule has 1 saturated heterocycles. The molecular weight excluding hydrogens is 241 g/mol. The molecule has 1 aliphatic heterocycles. The lowest BCUT2D eigenvalue weighted by Crippen LogP contribution is -2.55. The Labute approximate surface area is 115 Å². The number of para-hydroxylation sites is 1. The van der Waals surface area contributed by atoms with Gasteiger partial charge < -0.3 is 10.2 Å². The van der Waals surface area contributed by atoms with Crippen LogP contribution in [0.1, 0.15) is 19.4 Å². The summed E-state index contributed by atoms with van der Waals surface area (Å²) < 4.78 is 14.2. The zero-order valence-electron chi connectivity index (χ0n) is 12.3. The number of hydrogen-bond donors (Lipinski definition) is 1. The van der Waals surface area contributed by atoms with E-state index in [4.69, 9.17) is 0 Å². The molecule has 3 nitrogen and oxygen atoms in total. The van der Waals surface area contributed by atoms with Crippen molar-refractivity contribution < 1.29 is 4.39 Å². The first-order valence-electron chi connectivity index (χ1n) is 6.93. The third-order valence-corrected chi connectivity index (χ3v) is 4.11. The molecule has 1 aromatic rings. The van der Waals surface area contributed by atoms with E-state index in [0.29, 0.717) is 18.6 Å². The van der Waals surface area contributed by atoms with Gasteiger partial charge in [0.15, 0.2) is 0 Å². The Morgan fingerprint density at radius 2 is 1.89 bits per heavy atom. The maximum Gasteiger partial charge on any atom is 0.146 e. The average Bonchev–Trinajstić information content (AvgIpc) is 2.36. The molecule has 0 aromatic heterocycles. The first-order valence-corrected chi connectivity index (χ1v) is 6.93. The molecule has 4 heteroatoms. The number of likely N-dealkylation sites (N-methyl/N-ethyl adjacent to an activating group) is 1. The number of nitrogens with one attached hydrogen (secondary N) is 1. The van der Waals surface area contributed by atoms with Gasteiger partial charge in [0.1, 0.15) is 5.82 Å². The maximum atomic E-state index is 14.2. The van der Waals surface area contributed by atoms with E-state index in [1.807, 2.05) is 13.1 Å². The summed E-state index contributed by atoms with van der Waals surface area (Å²) in [6, 6.07) is 6.22. The molecule has 2 unspecified atom stereocenters. The second-order valence-electron chi connectivity index (χ2n) is 5.55. The van der Waals surface area contributed by atoms with Gasteiger partial charge in [-0.3, -0.25) is 4.90 Å². The van der Waals surface area contributed by atoms with E-state index in [9.17, 15) is 4.39 Å². The zero-order valence-corrected chi connectivity index (χ0v) is 12.3. The smallest absolute Gasteiger partial charge is 0.146 e. The van der Waals surface area contributed by atoms with Gasteiger partial charge >= 0.3 is 0 Å². The Bertz CT molecular complexity index is 423. The van der Waals surface area contributed by atoms with Crippen LogP contribution in [0, 0.1) is 5.82 Å². The van der Waals surface area contributed by atoms with E-state index < -0.39 is 0 Å². The van der Waals surface area contributed by atoms with E-state index in [2.05, 4.69) is 36.0 Å². The van der Waals surface area contributed by atoms with Crippen LogP contribution in [-0.2, 0) is 6.54 Å². The van der Waals surface area contributed by atoms with Crippen LogP contribution < -0.4 is 10.2 Å². The zero-order chi connectivity index (χ0) is 14.0. The fourth-order valence-electron chi connectivity index (χ4n) is 2.83. The van der Waals surface area contributed by atoms with Crippen molar-refractivity contribution in [2.45, 2.75) is 32.5 Å². The third-order valence-electron chi connectivity index (χ3n) is 4.11. The SMILES string of the molecule is CNCc1cccc(F)c1N1CC(C)N(C)C(C)C1. The molecule has 0 aliphatic carbocycles. The highest BCUT2D eigenvalue weighted by atomic mass is 19.1. The number of halogens is 1. The molecule has 1 heterocycles. The summed E-state index contributed by atoms with van der Waals surface area (Å²) in [5.74, 6) is -0.114. The Kier molecular flexibility index (Phi) is 4.42. The summed E-state index contributed by atoms with van der Waals surface area (Å²) in [6.07, 6.45) is 0. The quantitative estimate of drug-likeness (QED) is 0.902. The Morgan fingerprint density at radius 1 is 1.26 bits per heavy atom. The lowest BCUT2D eigenvalue weighted by molar-refractivity contribution is 0.169. The summed E-state index contributed by atoms with van der Waals surface area (Å²) in [6.45, 7) is 6.83. The van der Waals surface area contributed by atoms with Crippen LogP contribution in [0.2, 0.25) is 0 Å². The molecule has 2 atom stereocenters. The fraction of sp³-hybridized carbons (Fsp3) is 0.600. The molecule has 106 valence electrons. The van der Waals surface area contributed by atoms with Gasteiger partial charge in [-0.25, -0.2) is 4.39 Å². The van der Waals surface area contributed by atoms with Crippen LogP contribution in [-0.4, -0.2) is 44.2 Å². The van der Waals surface area contributed by atoms with Crippen molar-refractivity contribution in [3.8, 4) is 0 Å². The summed E-state index contributed by atoms with van der Waals surface area (Å²) >= 11 is 0. The van der Waals surface area contributed by atoms with E-state index in [1.165, 1.54) is 0 Å². The molecule has 19 heavy (non-hydrogen) atoms. The Balaban J connectivity index is 2.31. The summed E-state index contributed by atoms with van der Waals surface area (Å²) in [5, 5.41) is 3.12. The maximum absolute atomic E-state index is 14.2. The highest BCUT2D eigenvalue weighted by Crippen LogP contribution is 2.28. The van der Waals surface area contributed by atoms with Crippen LogP contribution in [0.25, 0.3) is 0 Å².